The Bertz CT molecular complexity index is 5520. The number of halogens is 18. The first-order valence-corrected chi connectivity index (χ1v) is 34.9. The van der Waals surface area contributed by atoms with E-state index >= 15 is 0 Å². The van der Waals surface area contributed by atoms with Gasteiger partial charge in [0, 0.05) is 47.8 Å². The van der Waals surface area contributed by atoms with Gasteiger partial charge in [0.1, 0.15) is 31.9 Å². The Hall–Kier alpha value is -10.4. The van der Waals surface area contributed by atoms with Crippen LogP contribution >= 0.6 is 47.8 Å². The Balaban J connectivity index is 0.000000169. The topological polar surface area (TPSA) is 224 Å². The van der Waals surface area contributed by atoms with Crippen molar-refractivity contribution in [3.05, 3.63) is 277 Å². The maximum Gasteiger partial charge on any atom is 0.339 e. The molecule has 3 aromatic heterocycles. The zero-order valence-corrected chi connectivity index (χ0v) is 59.1. The number of benzene rings is 9. The van der Waals surface area contributed by atoms with E-state index in [9.17, 15) is 105 Å². The molecule has 0 aliphatic rings. The van der Waals surface area contributed by atoms with Crippen LogP contribution in [0.5, 0.6) is 34.5 Å². The second kappa shape index (κ2) is 30.0. The van der Waals surface area contributed by atoms with Crippen LogP contribution in [-0.4, -0.2) is 60.3 Å². The molecule has 0 atom stereocenters. The van der Waals surface area contributed by atoms with Crippen LogP contribution in [0.1, 0.15) is 0 Å². The zero-order valence-electron chi connectivity index (χ0n) is 51.8. The molecule has 0 fully saturated rings. The van der Waals surface area contributed by atoms with Gasteiger partial charge in [-0.05, 0) is 127 Å². The van der Waals surface area contributed by atoms with Crippen molar-refractivity contribution < 1.29 is 118 Å². The lowest BCUT2D eigenvalue weighted by Gasteiger charge is -2.15. The van der Waals surface area contributed by atoms with Gasteiger partial charge in [0.2, 0.25) is 105 Å². The number of hydrogen-bond acceptors (Lipinski definition) is 15. The van der Waals surface area contributed by atoms with E-state index in [1.54, 1.807) is 54.6 Å². The van der Waals surface area contributed by atoms with Gasteiger partial charge in [-0.3, -0.25) is 28.1 Å². The van der Waals surface area contributed by atoms with E-state index in [2.05, 4.69) is 60.3 Å². The Morgan fingerprint density at radius 2 is 0.486 bits per heavy atom. The lowest BCUT2D eigenvalue weighted by Crippen LogP contribution is -2.18. The van der Waals surface area contributed by atoms with Crippen LogP contribution in [0.4, 0.5) is 65.9 Å². The minimum Gasteiger partial charge on any atom is -0.495 e. The molecule has 3 heterocycles. The molecule has 0 bridgehead atoms. The van der Waals surface area contributed by atoms with Crippen molar-refractivity contribution in [2.45, 2.75) is 14.7 Å². The predicted molar refractivity (Wildman–Crippen MR) is 354 cm³/mol. The van der Waals surface area contributed by atoms with Crippen molar-refractivity contribution in [3.63, 3.8) is 0 Å². The number of pyridine rings is 3. The predicted octanol–water partition coefficient (Wildman–Crippen LogP) is 15.7. The molecule has 105 heavy (non-hydrogen) atoms. The highest BCUT2D eigenvalue weighted by atomic mass is 79.9. The zero-order chi connectivity index (χ0) is 77.0. The van der Waals surface area contributed by atoms with E-state index in [1.807, 2.05) is 0 Å². The summed E-state index contributed by atoms with van der Waals surface area (Å²) in [5.74, 6) is -41.1. The van der Waals surface area contributed by atoms with Gasteiger partial charge < -0.3 is 26.8 Å². The molecule has 12 aromatic rings. The van der Waals surface area contributed by atoms with Gasteiger partial charge in [0.25, 0.3) is 16.7 Å². The summed E-state index contributed by atoms with van der Waals surface area (Å²) in [6, 6.07) is 31.4. The van der Waals surface area contributed by atoms with Crippen molar-refractivity contribution in [2.24, 2.45) is 0 Å². The Labute approximate surface area is 603 Å². The Morgan fingerprint density at radius 3 is 0.695 bits per heavy atom. The standard InChI is InChI=1S/3C22H11BrF5NO5S/c3*1-33-15-9-11(23)3-5-14(15)29-13-6-4-12(8-10(13)2-7-16(29)30)35(31,32)34-22-20(27)18(25)17(24)19(26)21(22)28/h3*2-9H,1H3. The molecule has 0 N–H and O–H groups in total. The highest BCUT2D eigenvalue weighted by Gasteiger charge is 2.35. The minimum atomic E-state index is -5.06. The molecule has 0 saturated heterocycles. The van der Waals surface area contributed by atoms with Crippen LogP contribution in [0.25, 0.3) is 49.8 Å². The van der Waals surface area contributed by atoms with Crippen molar-refractivity contribution >= 4 is 111 Å². The highest BCUT2D eigenvalue weighted by molar-refractivity contribution is 9.11. The van der Waals surface area contributed by atoms with Crippen molar-refractivity contribution in [1.82, 2.24) is 13.7 Å². The second-order valence-corrected chi connectivity index (χ2v) is 28.3. The number of methoxy groups -OCH3 is 3. The monoisotopic (exact) mass is 1720 g/mol. The van der Waals surface area contributed by atoms with E-state index < -0.39 is 166 Å². The molecule has 546 valence electrons. The van der Waals surface area contributed by atoms with Crippen LogP contribution in [0.2, 0.25) is 0 Å². The average Bonchev–Trinajstić information content (AvgIpc) is 0.778. The van der Waals surface area contributed by atoms with Gasteiger partial charge in [-0.2, -0.15) is 51.6 Å². The van der Waals surface area contributed by atoms with Crippen LogP contribution in [-0.2, 0) is 30.4 Å². The van der Waals surface area contributed by atoms with Gasteiger partial charge in [-0.25, -0.2) is 39.5 Å². The number of ether oxygens (including phenoxy) is 3. The van der Waals surface area contributed by atoms with Gasteiger partial charge in [0.15, 0.2) is 0 Å². The third-order valence-electron chi connectivity index (χ3n) is 14.7. The van der Waals surface area contributed by atoms with Gasteiger partial charge in [-0.1, -0.05) is 47.8 Å². The molecule has 0 aliphatic carbocycles. The maximum atomic E-state index is 13.9. The SMILES string of the molecule is COc1cc(Br)ccc1-n1c(=O)ccc2cc(S(=O)(=O)Oc3c(F)c(F)c(F)c(F)c3F)ccc21.COc1cc(Br)ccc1-n1c(=O)ccc2cc(S(=O)(=O)Oc3c(F)c(F)c(F)c(F)c3F)ccc21.COc1cc(Br)ccc1-n1c(=O)ccc2cc(S(=O)(=O)Oc3c(F)c(F)c(F)c(F)c3F)ccc21. The summed E-state index contributed by atoms with van der Waals surface area (Å²) in [5, 5.41) is 0.532. The van der Waals surface area contributed by atoms with Crippen LogP contribution < -0.4 is 43.4 Å². The summed E-state index contributed by atoms with van der Waals surface area (Å²) >= 11 is 9.87. The molecule has 0 aliphatic heterocycles. The minimum absolute atomic E-state index is 0.177. The molecule has 39 heteroatoms. The fourth-order valence-corrected chi connectivity index (χ4v) is 13.8. The van der Waals surface area contributed by atoms with Crippen molar-refractivity contribution in [2.75, 3.05) is 21.3 Å². The fraction of sp³-hybridized carbons (Fsp3) is 0.0455. The van der Waals surface area contributed by atoms with Crippen LogP contribution in [0.3, 0.4) is 0 Å². The van der Waals surface area contributed by atoms with Crippen molar-refractivity contribution in [3.8, 4) is 51.6 Å². The van der Waals surface area contributed by atoms with E-state index in [4.69, 9.17) is 14.2 Å². The molecular formula is C66H33Br3F15N3O15S3. The summed E-state index contributed by atoms with van der Waals surface area (Å²) in [7, 11) is -11.0. The number of rotatable bonds is 15. The van der Waals surface area contributed by atoms with Crippen LogP contribution in [0.15, 0.2) is 188 Å². The molecule has 9 aromatic carbocycles. The smallest absolute Gasteiger partial charge is 0.339 e. The Kier molecular flexibility index (Phi) is 22.1. The first-order chi connectivity index (χ1) is 49.4. The van der Waals surface area contributed by atoms with Crippen LogP contribution in [0, 0.1) is 87.3 Å². The average molecular weight is 1730 g/mol. The van der Waals surface area contributed by atoms with Crippen molar-refractivity contribution in [1.29, 1.82) is 0 Å². The number of fused-ring (bicyclic) bond motifs is 3. The molecule has 0 spiro atoms. The summed E-state index contributed by atoms with van der Waals surface area (Å²) in [4.78, 5) is 35.9. The first-order valence-electron chi connectivity index (χ1n) is 28.2. The molecule has 0 saturated carbocycles. The van der Waals surface area contributed by atoms with E-state index in [0.29, 0.717) is 47.7 Å². The van der Waals surface area contributed by atoms with Gasteiger partial charge in [0.05, 0.1) is 54.9 Å². The number of nitrogens with zero attached hydrogens (tertiary/aromatic N) is 3. The Morgan fingerprint density at radius 1 is 0.276 bits per heavy atom. The van der Waals surface area contributed by atoms with E-state index in [1.165, 1.54) is 71.4 Å². The van der Waals surface area contributed by atoms with E-state index in [-0.39, 0.29) is 32.7 Å². The third kappa shape index (κ3) is 14.9. The fourth-order valence-electron chi connectivity index (χ4n) is 9.84. The summed E-state index contributed by atoms with van der Waals surface area (Å²) in [6.07, 6.45) is 0. The molecule has 0 unspecified atom stereocenters. The van der Waals surface area contributed by atoms with Gasteiger partial charge in [-0.15, -0.1) is 0 Å². The summed E-state index contributed by atoms with van der Waals surface area (Å²) in [6.45, 7) is 0. The highest BCUT2D eigenvalue weighted by Crippen LogP contribution is 2.38. The summed E-state index contributed by atoms with van der Waals surface area (Å²) < 4.78 is 314. The maximum absolute atomic E-state index is 13.9. The number of aromatic nitrogens is 3. The molecule has 0 radical (unpaired) electrons. The largest absolute Gasteiger partial charge is 0.495 e. The van der Waals surface area contributed by atoms with Gasteiger partial charge >= 0.3 is 30.4 Å². The molecule has 0 amide bonds. The normalized spacial score (nSPS) is 11.6. The molecular weight excluding hydrogens is 1700 g/mol. The molecule has 12 rings (SSSR count). The third-order valence-corrected chi connectivity index (χ3v) is 19.8. The lowest BCUT2D eigenvalue weighted by molar-refractivity contribution is 0.346. The second-order valence-electron chi connectivity index (χ2n) is 20.9. The lowest BCUT2D eigenvalue weighted by atomic mass is 10.2. The molecule has 18 nitrogen and oxygen atoms in total. The van der Waals surface area contributed by atoms with E-state index in [0.717, 1.165) is 54.6 Å². The first kappa shape index (κ1) is 77.3. The quantitative estimate of drug-likeness (QED) is 0.0403. The number of hydrogen-bond donors (Lipinski definition) is 0. The summed E-state index contributed by atoms with van der Waals surface area (Å²) in [5.41, 5.74) is 0.248.